The van der Waals surface area contributed by atoms with Crippen LogP contribution in [0.15, 0.2) is 0 Å². The molecule has 1 heterocycles. The Labute approximate surface area is 161 Å². The lowest BCUT2D eigenvalue weighted by Crippen LogP contribution is -2.57. The molecule has 0 saturated carbocycles. The number of rotatable bonds is 11. The normalized spacial score (nSPS) is 19.1. The molecule has 4 amide bonds. The smallest absolute Gasteiger partial charge is 0.326 e. The Hall–Kier alpha value is -2.73. The molecule has 8 N–H and O–H groups in total. The van der Waals surface area contributed by atoms with E-state index in [1.807, 2.05) is 0 Å². The highest BCUT2D eigenvalue weighted by molar-refractivity contribution is 5.93. The van der Waals surface area contributed by atoms with Gasteiger partial charge >= 0.3 is 5.97 Å². The number of carboxylic acid groups (broad SMARTS) is 1. The average molecular weight is 401 g/mol. The Kier molecular flexibility index (Phi) is 9.32. The van der Waals surface area contributed by atoms with E-state index >= 15 is 0 Å². The maximum atomic E-state index is 12.2. The van der Waals surface area contributed by atoms with E-state index in [9.17, 15) is 29.1 Å². The van der Waals surface area contributed by atoms with Crippen LogP contribution in [0.4, 0.5) is 0 Å². The molecule has 12 nitrogen and oxygen atoms in total. The topological polar surface area (TPSA) is 200 Å². The van der Waals surface area contributed by atoms with E-state index < -0.39 is 60.4 Å². The van der Waals surface area contributed by atoms with Gasteiger partial charge in [0.15, 0.2) is 0 Å². The van der Waals surface area contributed by atoms with Crippen molar-refractivity contribution in [3.63, 3.8) is 0 Å². The third kappa shape index (κ3) is 7.88. The number of carboxylic acids is 1. The number of hydrogen-bond donors (Lipinski definition) is 7. The molecule has 4 atom stereocenters. The van der Waals surface area contributed by atoms with E-state index in [1.165, 1.54) is 6.92 Å². The van der Waals surface area contributed by atoms with Crippen molar-refractivity contribution >= 4 is 29.6 Å². The number of carbonyl (C=O) groups is 5. The first kappa shape index (κ1) is 23.3. The molecule has 28 heavy (non-hydrogen) atoms. The van der Waals surface area contributed by atoms with Gasteiger partial charge in [0.25, 0.3) is 0 Å². The van der Waals surface area contributed by atoms with Crippen LogP contribution in [0, 0.1) is 0 Å². The molecule has 0 bridgehead atoms. The molecule has 12 heteroatoms. The van der Waals surface area contributed by atoms with E-state index in [1.54, 1.807) is 0 Å². The molecular weight excluding hydrogens is 374 g/mol. The highest BCUT2D eigenvalue weighted by Crippen LogP contribution is 2.06. The zero-order chi connectivity index (χ0) is 21.3. The first-order valence-electron chi connectivity index (χ1n) is 8.91. The van der Waals surface area contributed by atoms with Crippen molar-refractivity contribution < 1.29 is 34.2 Å². The first-order valence-corrected chi connectivity index (χ1v) is 8.91. The molecule has 0 aromatic heterocycles. The van der Waals surface area contributed by atoms with Crippen LogP contribution >= 0.6 is 0 Å². The molecule has 1 aliphatic rings. The summed E-state index contributed by atoms with van der Waals surface area (Å²) >= 11 is 0. The zero-order valence-electron chi connectivity index (χ0n) is 15.6. The molecule has 1 saturated heterocycles. The Morgan fingerprint density at radius 1 is 1.21 bits per heavy atom. The predicted molar refractivity (Wildman–Crippen MR) is 95.6 cm³/mol. The number of aliphatic hydroxyl groups excluding tert-OH is 1. The van der Waals surface area contributed by atoms with Gasteiger partial charge in [-0.1, -0.05) is 0 Å². The van der Waals surface area contributed by atoms with Crippen molar-refractivity contribution in [2.45, 2.75) is 56.8 Å². The van der Waals surface area contributed by atoms with Crippen LogP contribution in [0.3, 0.4) is 0 Å². The molecule has 0 radical (unpaired) electrons. The van der Waals surface area contributed by atoms with Gasteiger partial charge in [-0.05, 0) is 32.7 Å². The van der Waals surface area contributed by atoms with Crippen LogP contribution in [0.5, 0.6) is 0 Å². The van der Waals surface area contributed by atoms with Gasteiger partial charge in [0.05, 0.1) is 18.7 Å². The molecule has 1 rings (SSSR count). The van der Waals surface area contributed by atoms with E-state index in [0.29, 0.717) is 13.0 Å². The first-order chi connectivity index (χ1) is 13.1. The van der Waals surface area contributed by atoms with E-state index in [-0.39, 0.29) is 12.8 Å². The maximum Gasteiger partial charge on any atom is 0.326 e. The van der Waals surface area contributed by atoms with Crippen molar-refractivity contribution in [1.29, 1.82) is 0 Å². The average Bonchev–Trinajstić information content (AvgIpc) is 3.15. The predicted octanol–water partition coefficient (Wildman–Crippen LogP) is -3.44. The Balaban J connectivity index is 2.53. The van der Waals surface area contributed by atoms with Crippen LogP contribution in [0.1, 0.15) is 32.6 Å². The minimum Gasteiger partial charge on any atom is -0.480 e. The fourth-order valence-electron chi connectivity index (χ4n) is 2.63. The lowest BCUT2D eigenvalue weighted by atomic mass is 10.1. The number of hydrogen-bond acceptors (Lipinski definition) is 7. The number of aliphatic carboxylic acids is 1. The second kappa shape index (κ2) is 11.2. The summed E-state index contributed by atoms with van der Waals surface area (Å²) in [6.45, 7) is 1.43. The number of nitrogens with two attached hydrogens (primary N) is 1. The number of amides is 4. The van der Waals surface area contributed by atoms with Gasteiger partial charge < -0.3 is 37.2 Å². The highest BCUT2D eigenvalue weighted by atomic mass is 16.4. The summed E-state index contributed by atoms with van der Waals surface area (Å²) < 4.78 is 0. The lowest BCUT2D eigenvalue weighted by Gasteiger charge is -2.22. The van der Waals surface area contributed by atoms with Gasteiger partial charge in [-0.25, -0.2) is 4.79 Å². The Bertz CT molecular complexity index is 604. The van der Waals surface area contributed by atoms with Gasteiger partial charge in [-0.3, -0.25) is 19.2 Å². The van der Waals surface area contributed by atoms with Crippen LogP contribution in [0.2, 0.25) is 0 Å². The van der Waals surface area contributed by atoms with Gasteiger partial charge in [-0.15, -0.1) is 0 Å². The molecule has 158 valence electrons. The highest BCUT2D eigenvalue weighted by Gasteiger charge is 2.30. The number of carbonyl (C=O) groups excluding carboxylic acids is 4. The largest absolute Gasteiger partial charge is 0.480 e. The minimum absolute atomic E-state index is 0.189. The number of primary amides is 1. The summed E-state index contributed by atoms with van der Waals surface area (Å²) in [6.07, 6.45) is -0.190. The second-order valence-corrected chi connectivity index (χ2v) is 6.56. The third-order valence-corrected chi connectivity index (χ3v) is 4.18. The van der Waals surface area contributed by atoms with Gasteiger partial charge in [0, 0.05) is 6.42 Å². The Morgan fingerprint density at radius 3 is 2.39 bits per heavy atom. The molecule has 1 aliphatic heterocycles. The second-order valence-electron chi connectivity index (χ2n) is 6.56. The van der Waals surface area contributed by atoms with Crippen molar-refractivity contribution in [3.8, 4) is 0 Å². The van der Waals surface area contributed by atoms with E-state index in [2.05, 4.69) is 21.3 Å². The monoisotopic (exact) mass is 401 g/mol. The van der Waals surface area contributed by atoms with Gasteiger partial charge in [0.1, 0.15) is 12.1 Å². The van der Waals surface area contributed by atoms with E-state index in [0.717, 1.165) is 6.42 Å². The summed E-state index contributed by atoms with van der Waals surface area (Å²) in [5.74, 6) is -4.08. The SMILES string of the molecule is CC(O)C(NC(=O)C1CCCN1)C(=O)NCC(=O)NC(CCC(N)=O)C(=O)O. The maximum absolute atomic E-state index is 12.2. The van der Waals surface area contributed by atoms with Crippen LogP contribution in [0.25, 0.3) is 0 Å². The molecule has 0 aromatic rings. The van der Waals surface area contributed by atoms with Crippen LogP contribution in [-0.2, 0) is 24.0 Å². The molecule has 0 aromatic carbocycles. The lowest BCUT2D eigenvalue weighted by molar-refractivity contribution is -0.142. The molecular formula is C16H27N5O7. The third-order valence-electron chi connectivity index (χ3n) is 4.18. The zero-order valence-corrected chi connectivity index (χ0v) is 15.6. The molecule has 1 fully saturated rings. The van der Waals surface area contributed by atoms with Crippen molar-refractivity contribution in [3.05, 3.63) is 0 Å². The van der Waals surface area contributed by atoms with Gasteiger partial charge in [0.2, 0.25) is 23.6 Å². The molecule has 0 aliphatic carbocycles. The van der Waals surface area contributed by atoms with Crippen molar-refractivity contribution in [2.75, 3.05) is 13.1 Å². The molecule has 0 spiro atoms. The number of nitrogens with one attached hydrogen (secondary N) is 4. The quantitative estimate of drug-likeness (QED) is 0.185. The fourth-order valence-corrected chi connectivity index (χ4v) is 2.63. The van der Waals surface area contributed by atoms with Crippen molar-refractivity contribution in [2.24, 2.45) is 5.73 Å². The standard InChI is InChI=1S/C16H27N5O7/c1-8(22)13(21-14(25)9-3-2-6-18-9)15(26)19-7-12(24)20-10(16(27)28)4-5-11(17)23/h8-10,13,18,22H,2-7H2,1H3,(H2,17,23)(H,19,26)(H,20,24)(H,21,25)(H,27,28). The summed E-state index contributed by atoms with van der Waals surface area (Å²) in [5.41, 5.74) is 4.95. The fraction of sp³-hybridized carbons (Fsp3) is 0.688. The van der Waals surface area contributed by atoms with Gasteiger partial charge in [-0.2, -0.15) is 0 Å². The Morgan fingerprint density at radius 2 is 1.89 bits per heavy atom. The van der Waals surface area contributed by atoms with Crippen LogP contribution < -0.4 is 27.0 Å². The summed E-state index contributed by atoms with van der Waals surface area (Å²) in [5, 5.41) is 28.6. The number of aliphatic hydroxyl groups is 1. The molecule has 4 unspecified atom stereocenters. The van der Waals surface area contributed by atoms with E-state index in [4.69, 9.17) is 10.8 Å². The van der Waals surface area contributed by atoms with Crippen LogP contribution in [-0.4, -0.2) is 77.1 Å². The minimum atomic E-state index is -1.35. The summed E-state index contributed by atoms with van der Waals surface area (Å²) in [6, 6.07) is -3.05. The summed E-state index contributed by atoms with van der Waals surface area (Å²) in [7, 11) is 0. The summed E-state index contributed by atoms with van der Waals surface area (Å²) in [4.78, 5) is 58.0. The van der Waals surface area contributed by atoms with Crippen molar-refractivity contribution in [1.82, 2.24) is 21.3 Å².